The molecule has 1 saturated carbocycles. The van der Waals surface area contributed by atoms with Crippen LogP contribution in [-0.4, -0.2) is 18.0 Å². The average Bonchev–Trinajstić information content (AvgIpc) is 2.21. The smallest absolute Gasteiger partial charge is 0.221 e. The average molecular weight is 226 g/mol. The van der Waals surface area contributed by atoms with Crippen LogP contribution in [0.3, 0.4) is 0 Å². The van der Waals surface area contributed by atoms with Crippen molar-refractivity contribution < 1.29 is 4.79 Å². The molecule has 3 atom stereocenters. The Morgan fingerprint density at radius 3 is 2.56 bits per heavy atom. The monoisotopic (exact) mass is 226 g/mol. The predicted molar refractivity (Wildman–Crippen MR) is 67.0 cm³/mol. The van der Waals surface area contributed by atoms with Crippen LogP contribution in [0.25, 0.3) is 0 Å². The number of carbonyl (C=O) groups is 1. The van der Waals surface area contributed by atoms with Crippen LogP contribution in [0.2, 0.25) is 0 Å². The van der Waals surface area contributed by atoms with Crippen molar-refractivity contribution in [2.24, 2.45) is 17.6 Å². The first-order valence-electron chi connectivity index (χ1n) is 6.55. The molecule has 1 rings (SSSR count). The number of carbonyl (C=O) groups excluding carboxylic acids is 1. The van der Waals surface area contributed by atoms with E-state index < -0.39 is 0 Å². The summed E-state index contributed by atoms with van der Waals surface area (Å²) in [7, 11) is 0. The topological polar surface area (TPSA) is 55.1 Å². The fraction of sp³-hybridized carbons (Fsp3) is 0.923. The highest BCUT2D eigenvalue weighted by Gasteiger charge is 2.23. The first-order valence-corrected chi connectivity index (χ1v) is 6.55. The molecular weight excluding hydrogens is 200 g/mol. The van der Waals surface area contributed by atoms with Crippen molar-refractivity contribution in [3.8, 4) is 0 Å². The minimum absolute atomic E-state index is 0.0149. The van der Waals surface area contributed by atoms with Gasteiger partial charge in [0.1, 0.15) is 0 Å². The molecular formula is C13H26N2O. The number of amides is 1. The summed E-state index contributed by atoms with van der Waals surface area (Å²) >= 11 is 0. The highest BCUT2D eigenvalue weighted by Crippen LogP contribution is 2.23. The van der Waals surface area contributed by atoms with Crippen LogP contribution >= 0.6 is 0 Å². The van der Waals surface area contributed by atoms with Gasteiger partial charge in [0.25, 0.3) is 0 Å². The third-order valence-corrected chi connectivity index (χ3v) is 3.74. The molecule has 1 fully saturated rings. The molecule has 3 N–H and O–H groups in total. The molecule has 1 amide bonds. The predicted octanol–water partition coefficient (Wildman–Crippen LogP) is 2.05. The maximum Gasteiger partial charge on any atom is 0.221 e. The van der Waals surface area contributed by atoms with Gasteiger partial charge in [-0.1, -0.05) is 33.6 Å². The fourth-order valence-corrected chi connectivity index (χ4v) is 2.25. The van der Waals surface area contributed by atoms with E-state index >= 15 is 0 Å². The molecule has 94 valence electrons. The lowest BCUT2D eigenvalue weighted by molar-refractivity contribution is -0.122. The van der Waals surface area contributed by atoms with Gasteiger partial charge in [0.2, 0.25) is 5.91 Å². The molecule has 1 aliphatic rings. The van der Waals surface area contributed by atoms with Gasteiger partial charge in [-0.25, -0.2) is 0 Å². The lowest BCUT2D eigenvalue weighted by Crippen LogP contribution is -2.43. The molecule has 0 saturated heterocycles. The molecule has 3 heteroatoms. The molecule has 0 heterocycles. The zero-order valence-electron chi connectivity index (χ0n) is 10.8. The third kappa shape index (κ3) is 4.12. The van der Waals surface area contributed by atoms with Crippen molar-refractivity contribution >= 4 is 5.91 Å². The highest BCUT2D eigenvalue weighted by atomic mass is 16.1. The van der Waals surface area contributed by atoms with Gasteiger partial charge in [0.15, 0.2) is 0 Å². The molecule has 0 radical (unpaired) electrons. The van der Waals surface area contributed by atoms with E-state index in [1.165, 1.54) is 19.3 Å². The summed E-state index contributed by atoms with van der Waals surface area (Å²) in [5, 5.41) is 3.14. The SMILES string of the molecule is CC(C)C(N)CC(=O)NC1CCCCC1C. The molecule has 0 bridgehead atoms. The van der Waals surface area contributed by atoms with Crippen molar-refractivity contribution in [3.05, 3.63) is 0 Å². The second-order valence-electron chi connectivity index (χ2n) is 5.55. The van der Waals surface area contributed by atoms with E-state index in [0.717, 1.165) is 6.42 Å². The van der Waals surface area contributed by atoms with Crippen molar-refractivity contribution in [1.82, 2.24) is 5.32 Å². The second-order valence-corrected chi connectivity index (χ2v) is 5.55. The lowest BCUT2D eigenvalue weighted by atomic mass is 9.86. The van der Waals surface area contributed by atoms with Crippen LogP contribution in [0.4, 0.5) is 0 Å². The van der Waals surface area contributed by atoms with Gasteiger partial charge in [-0.3, -0.25) is 4.79 Å². The van der Waals surface area contributed by atoms with Gasteiger partial charge < -0.3 is 11.1 Å². The summed E-state index contributed by atoms with van der Waals surface area (Å²) in [6.45, 7) is 6.34. The largest absolute Gasteiger partial charge is 0.353 e. The summed E-state index contributed by atoms with van der Waals surface area (Å²) in [4.78, 5) is 11.8. The van der Waals surface area contributed by atoms with E-state index in [1.807, 2.05) is 0 Å². The number of hydrogen-bond donors (Lipinski definition) is 2. The van der Waals surface area contributed by atoms with Gasteiger partial charge in [0.05, 0.1) is 0 Å². The van der Waals surface area contributed by atoms with Gasteiger partial charge in [0, 0.05) is 18.5 Å². The Kier molecular flexibility index (Phi) is 5.26. The molecule has 0 aliphatic heterocycles. The van der Waals surface area contributed by atoms with Crippen LogP contribution in [0.15, 0.2) is 0 Å². The number of hydrogen-bond acceptors (Lipinski definition) is 2. The Morgan fingerprint density at radius 2 is 2.00 bits per heavy atom. The van der Waals surface area contributed by atoms with Crippen molar-refractivity contribution in [3.63, 3.8) is 0 Å². The van der Waals surface area contributed by atoms with Gasteiger partial charge in [-0.15, -0.1) is 0 Å². The Balaban J connectivity index is 2.32. The fourth-order valence-electron chi connectivity index (χ4n) is 2.25. The summed E-state index contributed by atoms with van der Waals surface area (Å²) in [5.74, 6) is 1.11. The zero-order chi connectivity index (χ0) is 12.1. The Morgan fingerprint density at radius 1 is 1.38 bits per heavy atom. The molecule has 0 aromatic rings. The standard InChI is InChI=1S/C13H26N2O/c1-9(2)11(14)8-13(16)15-12-7-5-4-6-10(12)3/h9-12H,4-8,14H2,1-3H3,(H,15,16). The first-order chi connectivity index (χ1) is 7.50. The summed E-state index contributed by atoms with van der Waals surface area (Å²) in [5.41, 5.74) is 5.90. The number of rotatable bonds is 4. The van der Waals surface area contributed by atoms with E-state index in [4.69, 9.17) is 5.73 Å². The van der Waals surface area contributed by atoms with Crippen molar-refractivity contribution in [1.29, 1.82) is 0 Å². The summed E-state index contributed by atoms with van der Waals surface area (Å²) in [6, 6.07) is 0.361. The van der Waals surface area contributed by atoms with Crippen LogP contribution in [-0.2, 0) is 4.79 Å². The van der Waals surface area contributed by atoms with E-state index in [0.29, 0.717) is 24.3 Å². The molecule has 0 aromatic carbocycles. The van der Waals surface area contributed by atoms with Gasteiger partial charge in [-0.2, -0.15) is 0 Å². The van der Waals surface area contributed by atoms with E-state index in [2.05, 4.69) is 26.1 Å². The highest BCUT2D eigenvalue weighted by molar-refractivity contribution is 5.76. The zero-order valence-corrected chi connectivity index (χ0v) is 10.8. The Labute approximate surface area is 99.2 Å². The molecule has 0 aromatic heterocycles. The third-order valence-electron chi connectivity index (χ3n) is 3.74. The van der Waals surface area contributed by atoms with Crippen molar-refractivity contribution in [2.45, 2.75) is 65.0 Å². The molecule has 1 aliphatic carbocycles. The minimum atomic E-state index is -0.0149. The molecule has 0 spiro atoms. The van der Waals surface area contributed by atoms with E-state index in [-0.39, 0.29) is 11.9 Å². The maximum absolute atomic E-state index is 11.8. The maximum atomic E-state index is 11.8. The van der Waals surface area contributed by atoms with E-state index in [9.17, 15) is 4.79 Å². The number of nitrogens with one attached hydrogen (secondary N) is 1. The molecule has 3 unspecified atom stereocenters. The molecule has 3 nitrogen and oxygen atoms in total. The first kappa shape index (κ1) is 13.5. The van der Waals surface area contributed by atoms with Crippen LogP contribution in [0, 0.1) is 11.8 Å². The van der Waals surface area contributed by atoms with Gasteiger partial charge in [-0.05, 0) is 24.7 Å². The molecule has 16 heavy (non-hydrogen) atoms. The minimum Gasteiger partial charge on any atom is -0.353 e. The second kappa shape index (κ2) is 6.24. The normalized spacial score (nSPS) is 27.8. The van der Waals surface area contributed by atoms with Crippen LogP contribution < -0.4 is 11.1 Å². The summed E-state index contributed by atoms with van der Waals surface area (Å²) < 4.78 is 0. The lowest BCUT2D eigenvalue weighted by Gasteiger charge is -2.30. The Hall–Kier alpha value is -0.570. The van der Waals surface area contributed by atoms with Gasteiger partial charge >= 0.3 is 0 Å². The number of nitrogens with two attached hydrogens (primary N) is 1. The van der Waals surface area contributed by atoms with Crippen LogP contribution in [0.1, 0.15) is 52.9 Å². The summed E-state index contributed by atoms with van der Waals surface area (Å²) in [6.07, 6.45) is 5.37. The van der Waals surface area contributed by atoms with E-state index in [1.54, 1.807) is 0 Å². The van der Waals surface area contributed by atoms with Crippen molar-refractivity contribution in [2.75, 3.05) is 0 Å². The Bertz CT molecular complexity index is 228. The quantitative estimate of drug-likeness (QED) is 0.771. The van der Waals surface area contributed by atoms with Crippen LogP contribution in [0.5, 0.6) is 0 Å².